The van der Waals surface area contributed by atoms with Gasteiger partial charge in [-0.1, -0.05) is 37.5 Å². The zero-order valence-corrected chi connectivity index (χ0v) is 28.1. The van der Waals surface area contributed by atoms with Gasteiger partial charge in [0.1, 0.15) is 0 Å². The molecule has 0 bridgehead atoms. The SMILES string of the molecule is CC(O)CC(C)O.CC1=CN(c2[c-]cccc2)[CH-]N1C.[Ir+3].[c-]1ccccc1-c1nccc2ccc(C3CCCCC3)cc12. The van der Waals surface area contributed by atoms with E-state index in [0.29, 0.717) is 6.42 Å². The van der Waals surface area contributed by atoms with Crippen LogP contribution in [0.3, 0.4) is 0 Å². The van der Waals surface area contributed by atoms with Crippen molar-refractivity contribution in [2.45, 2.75) is 77.4 Å². The third kappa shape index (κ3) is 10.3. The van der Waals surface area contributed by atoms with E-state index in [4.69, 9.17) is 10.2 Å². The fraction of sp³-hybridized carbons (Fsp3) is 0.351. The molecule has 2 atom stereocenters. The Morgan fingerprint density at radius 2 is 1.63 bits per heavy atom. The molecule has 4 aromatic rings. The average molecular weight is 755 g/mol. The Morgan fingerprint density at radius 1 is 0.930 bits per heavy atom. The third-order valence-corrected chi connectivity index (χ3v) is 7.66. The number of pyridine rings is 1. The molecule has 0 spiro atoms. The Morgan fingerprint density at radius 3 is 2.19 bits per heavy atom. The number of nitrogens with zero attached hydrogens (tertiary/aromatic N) is 3. The van der Waals surface area contributed by atoms with Crippen LogP contribution in [0.4, 0.5) is 5.69 Å². The summed E-state index contributed by atoms with van der Waals surface area (Å²) >= 11 is 0. The van der Waals surface area contributed by atoms with Gasteiger partial charge in [-0.25, -0.2) is 0 Å². The van der Waals surface area contributed by atoms with Crippen LogP contribution < -0.4 is 4.90 Å². The molecule has 2 aliphatic rings. The van der Waals surface area contributed by atoms with E-state index in [-0.39, 0.29) is 32.3 Å². The molecule has 0 radical (unpaired) electrons. The van der Waals surface area contributed by atoms with Gasteiger partial charge in [-0.2, -0.15) is 37.0 Å². The van der Waals surface area contributed by atoms with Gasteiger partial charge in [0.2, 0.25) is 0 Å². The van der Waals surface area contributed by atoms with E-state index in [1.165, 1.54) is 54.1 Å². The van der Waals surface area contributed by atoms with Crippen LogP contribution in [0.15, 0.2) is 90.9 Å². The molecule has 43 heavy (non-hydrogen) atoms. The molecule has 1 fully saturated rings. The number of para-hydroxylation sites is 1. The van der Waals surface area contributed by atoms with Crippen molar-refractivity contribution < 1.29 is 30.3 Å². The molecule has 2 unspecified atom stereocenters. The zero-order valence-electron chi connectivity index (χ0n) is 25.7. The molecule has 1 saturated carbocycles. The van der Waals surface area contributed by atoms with Gasteiger partial charge in [0.05, 0.1) is 12.2 Å². The summed E-state index contributed by atoms with van der Waals surface area (Å²) in [5, 5.41) is 19.6. The first-order valence-corrected chi connectivity index (χ1v) is 15.0. The summed E-state index contributed by atoms with van der Waals surface area (Å²) in [7, 11) is 2.04. The summed E-state index contributed by atoms with van der Waals surface area (Å²) in [6, 6.07) is 31.6. The Kier molecular flexibility index (Phi) is 13.9. The van der Waals surface area contributed by atoms with Crippen LogP contribution in [0.5, 0.6) is 0 Å². The van der Waals surface area contributed by atoms with Gasteiger partial charge in [-0.05, 0) is 93.0 Å². The molecule has 6 rings (SSSR count). The maximum absolute atomic E-state index is 8.56. The summed E-state index contributed by atoms with van der Waals surface area (Å²) in [6.07, 6.45) is 10.5. The van der Waals surface area contributed by atoms with Crippen molar-refractivity contribution in [3.63, 3.8) is 0 Å². The predicted octanol–water partition coefficient (Wildman–Crippen LogP) is 8.10. The zero-order chi connectivity index (χ0) is 29.9. The van der Waals surface area contributed by atoms with E-state index in [9.17, 15) is 0 Å². The second kappa shape index (κ2) is 17.3. The van der Waals surface area contributed by atoms with Crippen LogP contribution in [0.2, 0.25) is 0 Å². The molecule has 6 heteroatoms. The fourth-order valence-corrected chi connectivity index (χ4v) is 5.40. The van der Waals surface area contributed by atoms with Crippen molar-refractivity contribution >= 4 is 16.5 Å². The first kappa shape index (κ1) is 34.5. The minimum atomic E-state index is -0.375. The van der Waals surface area contributed by atoms with Crippen molar-refractivity contribution in [2.75, 3.05) is 11.9 Å². The number of rotatable bonds is 5. The summed E-state index contributed by atoms with van der Waals surface area (Å²) in [6.45, 7) is 7.44. The van der Waals surface area contributed by atoms with Crippen LogP contribution in [0.1, 0.15) is 70.8 Å². The first-order valence-electron chi connectivity index (χ1n) is 15.0. The summed E-state index contributed by atoms with van der Waals surface area (Å²) in [4.78, 5) is 8.78. The molecule has 1 aliphatic carbocycles. The maximum Gasteiger partial charge on any atom is 3.00 e. The number of allylic oxidation sites excluding steroid dienone is 1. The van der Waals surface area contributed by atoms with Crippen LogP contribution >= 0.6 is 0 Å². The van der Waals surface area contributed by atoms with Crippen molar-refractivity contribution in [3.05, 3.63) is 115 Å². The van der Waals surface area contributed by atoms with E-state index >= 15 is 0 Å². The molecule has 1 aromatic heterocycles. The number of benzene rings is 3. The Hall–Kier alpha value is -3.02. The van der Waals surface area contributed by atoms with Gasteiger partial charge >= 0.3 is 20.1 Å². The number of aromatic nitrogens is 1. The van der Waals surface area contributed by atoms with Crippen molar-refractivity contribution in [2.24, 2.45) is 0 Å². The molecule has 0 amide bonds. The Labute approximate surface area is 271 Å². The van der Waals surface area contributed by atoms with Crippen LogP contribution in [0, 0.1) is 18.8 Å². The molecule has 2 N–H and O–H groups in total. The number of aliphatic hydroxyl groups excluding tert-OH is 2. The van der Waals surface area contributed by atoms with Gasteiger partial charge in [0.25, 0.3) is 0 Å². The minimum absolute atomic E-state index is 0. The third-order valence-electron chi connectivity index (χ3n) is 7.66. The molecule has 3 aromatic carbocycles. The quantitative estimate of drug-likeness (QED) is 0.202. The maximum atomic E-state index is 8.56. The van der Waals surface area contributed by atoms with Crippen molar-refractivity contribution in [1.82, 2.24) is 9.88 Å². The van der Waals surface area contributed by atoms with E-state index in [0.717, 1.165) is 22.9 Å². The molecule has 1 aliphatic heterocycles. The first-order chi connectivity index (χ1) is 20.3. The van der Waals surface area contributed by atoms with Gasteiger partial charge in [0.15, 0.2) is 0 Å². The van der Waals surface area contributed by atoms with Gasteiger partial charge in [-0.15, -0.1) is 41.6 Å². The van der Waals surface area contributed by atoms with Gasteiger partial charge < -0.3 is 25.0 Å². The fourth-order valence-electron chi connectivity index (χ4n) is 5.40. The van der Waals surface area contributed by atoms with E-state index in [2.05, 4.69) is 76.4 Å². The van der Waals surface area contributed by atoms with Crippen LogP contribution in [-0.2, 0) is 20.1 Å². The number of anilines is 1. The van der Waals surface area contributed by atoms with E-state index < -0.39 is 0 Å². The second-order valence-corrected chi connectivity index (χ2v) is 11.3. The van der Waals surface area contributed by atoms with Gasteiger partial charge in [-0.3, -0.25) is 0 Å². The Balaban J connectivity index is 0.000000205. The van der Waals surface area contributed by atoms with Crippen molar-refractivity contribution in [1.29, 1.82) is 0 Å². The molecule has 2 heterocycles. The topological polar surface area (TPSA) is 59.8 Å². The molecular weight excluding hydrogens is 711 g/mol. The van der Waals surface area contributed by atoms with Crippen molar-refractivity contribution in [3.8, 4) is 11.3 Å². The second-order valence-electron chi connectivity index (χ2n) is 11.3. The summed E-state index contributed by atoms with van der Waals surface area (Å²) in [5.74, 6) is 0.728. The summed E-state index contributed by atoms with van der Waals surface area (Å²) < 4.78 is 0. The number of hydrogen-bond acceptors (Lipinski definition) is 5. The molecule has 0 saturated heterocycles. The Bertz CT molecular complexity index is 1400. The monoisotopic (exact) mass is 755 g/mol. The standard InChI is InChI=1S/C21H20N.C11H12N2.C5H12O2.Ir/c1-3-7-16(8-4-1)19-12-11-17-13-14-22-21(20(17)15-19)18-9-5-2-6-10-18;1-10-8-13(9-12(10)2)11-6-4-3-5-7-11;1-4(6)3-5(2)7;/h2,5-6,9,11-16H,1,3-4,7-8H2;3-6,8-9H,1-2H3;4-7H,3H2,1-2H3;/q-1;-2;;+3. The normalized spacial score (nSPS) is 16.2. The van der Waals surface area contributed by atoms with Crippen LogP contribution in [-0.4, -0.2) is 39.4 Å². The summed E-state index contributed by atoms with van der Waals surface area (Å²) in [5.41, 5.74) is 5.92. The van der Waals surface area contributed by atoms with E-state index in [1.54, 1.807) is 13.8 Å². The number of fused-ring (bicyclic) bond motifs is 1. The smallest absolute Gasteiger partial charge is 0.508 e. The molecule has 228 valence electrons. The largest absolute Gasteiger partial charge is 3.00 e. The molecule has 5 nitrogen and oxygen atoms in total. The molecular formula is C37H44IrN3O2. The predicted molar refractivity (Wildman–Crippen MR) is 173 cm³/mol. The minimum Gasteiger partial charge on any atom is -0.508 e. The number of hydrogen-bond donors (Lipinski definition) is 2. The van der Waals surface area contributed by atoms with Gasteiger partial charge in [0, 0.05) is 6.20 Å². The van der Waals surface area contributed by atoms with E-state index in [1.807, 2.05) is 56.3 Å². The van der Waals surface area contributed by atoms with Crippen LogP contribution in [0.25, 0.3) is 22.0 Å². The average Bonchev–Trinajstić information content (AvgIpc) is 3.35. The number of aliphatic hydroxyl groups is 2.